The molecule has 1 heterocycles. The topological polar surface area (TPSA) is 38.3 Å². The van der Waals surface area contributed by atoms with Gasteiger partial charge < -0.3 is 10.1 Å². The van der Waals surface area contributed by atoms with Crippen LogP contribution in [0.25, 0.3) is 0 Å². The third-order valence-corrected chi connectivity index (χ3v) is 3.85. The molecule has 0 radical (unpaired) electrons. The van der Waals surface area contributed by atoms with Crippen LogP contribution in [0.5, 0.6) is 5.75 Å². The standard InChI is InChI=1S/C13H12F3NO2/c14-13(15,16)8-3-1-4-9-10(8)19-7-12(5-2-6-12)11(18)17-9/h1,3-4H,2,5-7H2,(H,17,18). The molecule has 1 amide bonds. The lowest BCUT2D eigenvalue weighted by molar-refractivity contribution is -0.139. The molecule has 0 aromatic heterocycles. The van der Waals surface area contributed by atoms with E-state index in [-0.39, 0.29) is 24.0 Å². The Morgan fingerprint density at radius 2 is 2.00 bits per heavy atom. The molecule has 1 spiro atoms. The number of para-hydroxylation sites is 1. The summed E-state index contributed by atoms with van der Waals surface area (Å²) in [5.41, 5.74) is -1.40. The predicted octanol–water partition coefficient (Wildman–Crippen LogP) is 3.21. The van der Waals surface area contributed by atoms with Crippen LogP contribution in [0.1, 0.15) is 24.8 Å². The van der Waals surface area contributed by atoms with Gasteiger partial charge in [0.05, 0.1) is 16.7 Å². The molecular formula is C13H12F3NO2. The van der Waals surface area contributed by atoms with Gasteiger partial charge in [0.2, 0.25) is 5.91 Å². The minimum atomic E-state index is -4.49. The van der Waals surface area contributed by atoms with E-state index in [1.807, 2.05) is 0 Å². The van der Waals surface area contributed by atoms with E-state index in [1.165, 1.54) is 12.1 Å². The van der Waals surface area contributed by atoms with Crippen LogP contribution in [-0.4, -0.2) is 12.5 Å². The van der Waals surface area contributed by atoms with E-state index < -0.39 is 17.2 Å². The Balaban J connectivity index is 2.03. The Bertz CT molecular complexity index is 535. The molecule has 19 heavy (non-hydrogen) atoms. The zero-order valence-electron chi connectivity index (χ0n) is 10.0. The average Bonchev–Trinajstić information content (AvgIpc) is 2.42. The zero-order valence-corrected chi connectivity index (χ0v) is 10.0. The van der Waals surface area contributed by atoms with Crippen molar-refractivity contribution in [2.75, 3.05) is 11.9 Å². The van der Waals surface area contributed by atoms with Crippen LogP contribution in [0, 0.1) is 5.41 Å². The van der Waals surface area contributed by atoms with Crippen LogP contribution >= 0.6 is 0 Å². The second kappa shape index (κ2) is 3.88. The van der Waals surface area contributed by atoms with E-state index in [9.17, 15) is 18.0 Å². The average molecular weight is 271 g/mol. The fourth-order valence-electron chi connectivity index (χ4n) is 2.52. The summed E-state index contributed by atoms with van der Waals surface area (Å²) >= 11 is 0. The fourth-order valence-corrected chi connectivity index (χ4v) is 2.52. The van der Waals surface area contributed by atoms with Gasteiger partial charge in [0.15, 0.2) is 5.75 Å². The van der Waals surface area contributed by atoms with E-state index in [0.29, 0.717) is 12.8 Å². The van der Waals surface area contributed by atoms with E-state index in [0.717, 1.165) is 12.5 Å². The molecule has 3 nitrogen and oxygen atoms in total. The number of alkyl halides is 3. The number of halogens is 3. The van der Waals surface area contributed by atoms with Crippen molar-refractivity contribution in [3.05, 3.63) is 23.8 Å². The summed E-state index contributed by atoms with van der Waals surface area (Å²) in [5, 5.41) is 2.56. The highest BCUT2D eigenvalue weighted by Gasteiger charge is 2.48. The summed E-state index contributed by atoms with van der Waals surface area (Å²) < 4.78 is 44.0. The summed E-state index contributed by atoms with van der Waals surface area (Å²) in [4.78, 5) is 12.1. The molecular weight excluding hydrogens is 259 g/mol. The van der Waals surface area contributed by atoms with E-state index in [1.54, 1.807) is 0 Å². The summed E-state index contributed by atoms with van der Waals surface area (Å²) in [5.74, 6) is -0.510. The predicted molar refractivity (Wildman–Crippen MR) is 61.9 cm³/mol. The Kier molecular flexibility index (Phi) is 2.52. The van der Waals surface area contributed by atoms with Crippen molar-refractivity contribution in [2.24, 2.45) is 5.41 Å². The van der Waals surface area contributed by atoms with Gasteiger partial charge in [-0.2, -0.15) is 13.2 Å². The maximum Gasteiger partial charge on any atom is 0.420 e. The van der Waals surface area contributed by atoms with Gasteiger partial charge in [0, 0.05) is 0 Å². The number of rotatable bonds is 0. The number of hydrogen-bond donors (Lipinski definition) is 1. The summed E-state index contributed by atoms with van der Waals surface area (Å²) in [7, 11) is 0. The minimum absolute atomic E-state index is 0.0128. The molecule has 1 aliphatic carbocycles. The number of ether oxygens (including phenoxy) is 1. The number of benzene rings is 1. The molecule has 2 aliphatic rings. The maximum atomic E-state index is 12.9. The first-order valence-corrected chi connectivity index (χ1v) is 6.07. The van der Waals surface area contributed by atoms with Crippen molar-refractivity contribution in [2.45, 2.75) is 25.4 Å². The molecule has 0 saturated heterocycles. The van der Waals surface area contributed by atoms with E-state index in [2.05, 4.69) is 5.32 Å². The molecule has 6 heteroatoms. The molecule has 1 N–H and O–H groups in total. The number of fused-ring (bicyclic) bond motifs is 1. The van der Waals surface area contributed by atoms with E-state index in [4.69, 9.17) is 4.74 Å². The van der Waals surface area contributed by atoms with Crippen LogP contribution in [0.15, 0.2) is 18.2 Å². The van der Waals surface area contributed by atoms with Gasteiger partial charge in [0.1, 0.15) is 6.61 Å². The van der Waals surface area contributed by atoms with Crippen LogP contribution < -0.4 is 10.1 Å². The Morgan fingerprint density at radius 1 is 1.26 bits per heavy atom. The zero-order chi connectivity index (χ0) is 13.7. The molecule has 1 aromatic rings. The number of carbonyl (C=O) groups is 1. The molecule has 3 rings (SSSR count). The van der Waals surface area contributed by atoms with Gasteiger partial charge >= 0.3 is 6.18 Å². The fraction of sp³-hybridized carbons (Fsp3) is 0.462. The highest BCUT2D eigenvalue weighted by Crippen LogP contribution is 2.48. The van der Waals surface area contributed by atoms with Crippen LogP contribution in [0.2, 0.25) is 0 Å². The van der Waals surface area contributed by atoms with Gasteiger partial charge in [-0.15, -0.1) is 0 Å². The van der Waals surface area contributed by atoms with Crippen molar-refractivity contribution in [1.29, 1.82) is 0 Å². The summed E-state index contributed by atoms with van der Waals surface area (Å²) in [6.45, 7) is 0.0128. The molecule has 1 aliphatic heterocycles. The van der Waals surface area contributed by atoms with Crippen LogP contribution in [-0.2, 0) is 11.0 Å². The quantitative estimate of drug-likeness (QED) is 0.786. The number of amides is 1. The van der Waals surface area contributed by atoms with Gasteiger partial charge in [-0.3, -0.25) is 4.79 Å². The first-order valence-electron chi connectivity index (χ1n) is 6.07. The highest BCUT2D eigenvalue weighted by atomic mass is 19.4. The molecule has 1 saturated carbocycles. The Hall–Kier alpha value is -1.72. The molecule has 1 aromatic carbocycles. The number of anilines is 1. The lowest BCUT2D eigenvalue weighted by atomic mass is 9.69. The molecule has 0 atom stereocenters. The molecule has 0 unspecified atom stereocenters. The third kappa shape index (κ3) is 1.86. The van der Waals surface area contributed by atoms with E-state index >= 15 is 0 Å². The second-order valence-electron chi connectivity index (χ2n) is 5.06. The summed E-state index contributed by atoms with van der Waals surface area (Å²) in [6.07, 6.45) is -2.27. The van der Waals surface area contributed by atoms with Crippen LogP contribution in [0.4, 0.5) is 18.9 Å². The number of nitrogens with one attached hydrogen (secondary N) is 1. The van der Waals surface area contributed by atoms with Gasteiger partial charge in [0.25, 0.3) is 0 Å². The maximum absolute atomic E-state index is 12.9. The highest BCUT2D eigenvalue weighted by molar-refractivity contribution is 5.98. The van der Waals surface area contributed by atoms with Crippen molar-refractivity contribution in [1.82, 2.24) is 0 Å². The van der Waals surface area contributed by atoms with Gasteiger partial charge in [-0.05, 0) is 25.0 Å². The van der Waals surface area contributed by atoms with Crippen molar-refractivity contribution < 1.29 is 22.7 Å². The minimum Gasteiger partial charge on any atom is -0.490 e. The molecule has 102 valence electrons. The van der Waals surface area contributed by atoms with Gasteiger partial charge in [-0.25, -0.2) is 0 Å². The largest absolute Gasteiger partial charge is 0.490 e. The SMILES string of the molecule is O=C1Nc2cccc(C(F)(F)F)c2OCC12CCC2. The van der Waals surface area contributed by atoms with Crippen molar-refractivity contribution in [3.8, 4) is 5.75 Å². The van der Waals surface area contributed by atoms with Gasteiger partial charge in [-0.1, -0.05) is 12.5 Å². The molecule has 0 bridgehead atoms. The number of carbonyl (C=O) groups excluding carboxylic acids is 1. The van der Waals surface area contributed by atoms with Crippen molar-refractivity contribution in [3.63, 3.8) is 0 Å². The lowest BCUT2D eigenvalue weighted by Crippen LogP contribution is -2.45. The van der Waals surface area contributed by atoms with Crippen LogP contribution in [0.3, 0.4) is 0 Å². The summed E-state index contributed by atoms with van der Waals surface area (Å²) in [6, 6.07) is 3.66. The monoisotopic (exact) mass is 271 g/mol. The van der Waals surface area contributed by atoms with Crippen molar-refractivity contribution >= 4 is 11.6 Å². The molecule has 1 fully saturated rings. The second-order valence-corrected chi connectivity index (χ2v) is 5.06. The Labute approximate surface area is 107 Å². The smallest absolute Gasteiger partial charge is 0.420 e. The Morgan fingerprint density at radius 3 is 2.58 bits per heavy atom. The first kappa shape index (κ1) is 12.3. The lowest BCUT2D eigenvalue weighted by Gasteiger charge is -2.37. The number of hydrogen-bond acceptors (Lipinski definition) is 2. The normalized spacial score (nSPS) is 20.9. The third-order valence-electron chi connectivity index (χ3n) is 3.85. The first-order chi connectivity index (χ1) is 8.92.